The van der Waals surface area contributed by atoms with E-state index in [2.05, 4.69) is 10.0 Å². The second-order valence-corrected chi connectivity index (χ2v) is 7.00. The van der Waals surface area contributed by atoms with Crippen LogP contribution in [0.5, 0.6) is 0 Å². The Morgan fingerprint density at radius 2 is 1.91 bits per heavy atom. The van der Waals surface area contributed by atoms with Crippen molar-refractivity contribution >= 4 is 27.6 Å². The van der Waals surface area contributed by atoms with Crippen LogP contribution in [0.1, 0.15) is 37.0 Å². The zero-order valence-electron chi connectivity index (χ0n) is 13.5. The van der Waals surface area contributed by atoms with Crippen molar-refractivity contribution < 1.29 is 22.7 Å². The van der Waals surface area contributed by atoms with Gasteiger partial charge in [-0.25, -0.2) is 13.2 Å². The number of hydrogen-bond acceptors (Lipinski definition) is 5. The first-order valence-electron chi connectivity index (χ1n) is 7.26. The van der Waals surface area contributed by atoms with E-state index in [9.17, 15) is 18.0 Å². The molecular weight excluding hydrogens is 320 g/mol. The van der Waals surface area contributed by atoms with Gasteiger partial charge in [-0.15, -0.1) is 0 Å². The van der Waals surface area contributed by atoms with E-state index in [0.717, 1.165) is 19.1 Å². The SMILES string of the molecule is CCCC(C)NC(=O)COC(=O)c1ccccc1NS(C)(=O)=O. The highest BCUT2D eigenvalue weighted by molar-refractivity contribution is 7.92. The van der Waals surface area contributed by atoms with Crippen LogP contribution in [0.3, 0.4) is 0 Å². The van der Waals surface area contributed by atoms with Crippen molar-refractivity contribution in [2.24, 2.45) is 0 Å². The van der Waals surface area contributed by atoms with E-state index < -0.39 is 28.5 Å². The van der Waals surface area contributed by atoms with Crippen LogP contribution in [0.15, 0.2) is 24.3 Å². The number of ether oxygens (including phenoxy) is 1. The fraction of sp³-hybridized carbons (Fsp3) is 0.467. The number of hydrogen-bond donors (Lipinski definition) is 2. The van der Waals surface area contributed by atoms with E-state index in [1.165, 1.54) is 12.1 Å². The van der Waals surface area contributed by atoms with Gasteiger partial charge in [0.2, 0.25) is 10.0 Å². The molecule has 0 saturated heterocycles. The van der Waals surface area contributed by atoms with Crippen LogP contribution >= 0.6 is 0 Å². The average molecular weight is 342 g/mol. The number of anilines is 1. The summed E-state index contributed by atoms with van der Waals surface area (Å²) in [5.74, 6) is -1.16. The van der Waals surface area contributed by atoms with Gasteiger partial charge in [0, 0.05) is 6.04 Å². The lowest BCUT2D eigenvalue weighted by atomic mass is 10.2. The maximum Gasteiger partial charge on any atom is 0.340 e. The van der Waals surface area contributed by atoms with Gasteiger partial charge in [-0.05, 0) is 25.5 Å². The van der Waals surface area contributed by atoms with Crippen LogP contribution in [-0.2, 0) is 19.6 Å². The molecule has 1 aromatic rings. The molecule has 2 N–H and O–H groups in total. The molecule has 128 valence electrons. The third-order valence-electron chi connectivity index (χ3n) is 2.91. The van der Waals surface area contributed by atoms with Crippen LogP contribution in [0.4, 0.5) is 5.69 Å². The van der Waals surface area contributed by atoms with E-state index in [1.54, 1.807) is 12.1 Å². The molecule has 1 amide bonds. The first kappa shape index (κ1) is 19.0. The predicted molar refractivity (Wildman–Crippen MR) is 87.7 cm³/mol. The third kappa shape index (κ3) is 7.14. The number of esters is 1. The zero-order chi connectivity index (χ0) is 17.5. The summed E-state index contributed by atoms with van der Waals surface area (Å²) in [4.78, 5) is 23.7. The number of carbonyl (C=O) groups is 2. The normalized spacial score (nSPS) is 12.3. The topological polar surface area (TPSA) is 102 Å². The van der Waals surface area contributed by atoms with Crippen molar-refractivity contribution in [1.29, 1.82) is 0 Å². The molecule has 0 radical (unpaired) electrons. The summed E-state index contributed by atoms with van der Waals surface area (Å²) in [5, 5.41) is 2.71. The monoisotopic (exact) mass is 342 g/mol. The number of amides is 1. The minimum atomic E-state index is -3.52. The smallest absolute Gasteiger partial charge is 0.340 e. The van der Waals surface area contributed by atoms with Gasteiger partial charge in [-0.3, -0.25) is 9.52 Å². The lowest BCUT2D eigenvalue weighted by Gasteiger charge is -2.13. The molecule has 0 aliphatic heterocycles. The summed E-state index contributed by atoms with van der Waals surface area (Å²) in [7, 11) is -3.52. The first-order valence-corrected chi connectivity index (χ1v) is 9.15. The molecule has 0 saturated carbocycles. The molecule has 0 bridgehead atoms. The Labute approximate surface area is 136 Å². The number of sulfonamides is 1. The van der Waals surface area contributed by atoms with Crippen molar-refractivity contribution in [3.05, 3.63) is 29.8 Å². The Kier molecular flexibility index (Phi) is 7.02. The minimum Gasteiger partial charge on any atom is -0.452 e. The molecule has 0 aliphatic carbocycles. The second kappa shape index (κ2) is 8.52. The molecule has 1 atom stereocenters. The number of benzene rings is 1. The van der Waals surface area contributed by atoms with Crippen molar-refractivity contribution in [1.82, 2.24) is 5.32 Å². The van der Waals surface area contributed by atoms with Crippen molar-refractivity contribution in [2.45, 2.75) is 32.7 Å². The highest BCUT2D eigenvalue weighted by Gasteiger charge is 2.16. The van der Waals surface area contributed by atoms with Crippen molar-refractivity contribution in [3.63, 3.8) is 0 Å². The minimum absolute atomic E-state index is 0.00499. The summed E-state index contributed by atoms with van der Waals surface area (Å²) >= 11 is 0. The Morgan fingerprint density at radius 1 is 1.26 bits per heavy atom. The van der Waals surface area contributed by atoms with E-state index in [1.807, 2.05) is 13.8 Å². The van der Waals surface area contributed by atoms with Crippen molar-refractivity contribution in [3.8, 4) is 0 Å². The summed E-state index contributed by atoms with van der Waals surface area (Å²) in [6.07, 6.45) is 2.75. The van der Waals surface area contributed by atoms with Crippen LogP contribution in [0.25, 0.3) is 0 Å². The fourth-order valence-electron chi connectivity index (χ4n) is 1.98. The maximum absolute atomic E-state index is 12.0. The molecule has 0 heterocycles. The summed E-state index contributed by atoms with van der Waals surface area (Å²) in [6.45, 7) is 3.46. The van der Waals surface area contributed by atoms with Gasteiger partial charge in [0.05, 0.1) is 17.5 Å². The molecular formula is C15H22N2O5S. The molecule has 1 rings (SSSR count). The molecule has 1 aromatic carbocycles. The Balaban J connectivity index is 2.67. The van der Waals surface area contributed by atoms with Gasteiger partial charge in [-0.1, -0.05) is 25.5 Å². The zero-order valence-corrected chi connectivity index (χ0v) is 14.3. The van der Waals surface area contributed by atoms with Gasteiger partial charge >= 0.3 is 5.97 Å². The predicted octanol–water partition coefficient (Wildman–Crippen LogP) is 1.52. The molecule has 8 heteroatoms. The standard InChI is InChI=1S/C15H22N2O5S/c1-4-7-11(2)16-14(18)10-22-15(19)12-8-5-6-9-13(12)17-23(3,20)21/h5-6,8-9,11,17H,4,7,10H2,1-3H3,(H,16,18). The second-order valence-electron chi connectivity index (χ2n) is 5.25. The lowest BCUT2D eigenvalue weighted by molar-refractivity contribution is -0.124. The van der Waals surface area contributed by atoms with Gasteiger partial charge < -0.3 is 10.1 Å². The Hall–Kier alpha value is -2.09. The number of nitrogens with one attached hydrogen (secondary N) is 2. The average Bonchev–Trinajstić information content (AvgIpc) is 2.44. The van der Waals surface area contributed by atoms with E-state index in [4.69, 9.17) is 4.74 Å². The van der Waals surface area contributed by atoms with E-state index in [-0.39, 0.29) is 17.3 Å². The highest BCUT2D eigenvalue weighted by atomic mass is 32.2. The summed E-state index contributed by atoms with van der Waals surface area (Å²) < 4.78 is 29.8. The van der Waals surface area contributed by atoms with Gasteiger partial charge in [-0.2, -0.15) is 0 Å². The fourth-order valence-corrected chi connectivity index (χ4v) is 2.56. The largest absolute Gasteiger partial charge is 0.452 e. The number of carbonyl (C=O) groups excluding carboxylic acids is 2. The Morgan fingerprint density at radius 3 is 2.52 bits per heavy atom. The number of rotatable bonds is 8. The molecule has 23 heavy (non-hydrogen) atoms. The van der Waals surface area contributed by atoms with Crippen LogP contribution in [-0.4, -0.2) is 39.2 Å². The van der Waals surface area contributed by atoms with Gasteiger partial charge in [0.15, 0.2) is 6.61 Å². The molecule has 0 fully saturated rings. The molecule has 7 nitrogen and oxygen atoms in total. The molecule has 1 unspecified atom stereocenters. The quantitative estimate of drug-likeness (QED) is 0.698. The van der Waals surface area contributed by atoms with Crippen LogP contribution in [0.2, 0.25) is 0 Å². The number of para-hydroxylation sites is 1. The summed E-state index contributed by atoms with van der Waals surface area (Å²) in [6, 6.07) is 6.04. The molecule has 0 aromatic heterocycles. The van der Waals surface area contributed by atoms with Crippen molar-refractivity contribution in [2.75, 3.05) is 17.6 Å². The van der Waals surface area contributed by atoms with Crippen LogP contribution < -0.4 is 10.0 Å². The highest BCUT2D eigenvalue weighted by Crippen LogP contribution is 2.17. The van der Waals surface area contributed by atoms with Gasteiger partial charge in [0.1, 0.15) is 0 Å². The van der Waals surface area contributed by atoms with E-state index >= 15 is 0 Å². The first-order chi connectivity index (χ1) is 10.7. The maximum atomic E-state index is 12.0. The lowest BCUT2D eigenvalue weighted by Crippen LogP contribution is -2.35. The molecule has 0 aliphatic rings. The van der Waals surface area contributed by atoms with Gasteiger partial charge in [0.25, 0.3) is 5.91 Å². The van der Waals surface area contributed by atoms with Crippen LogP contribution in [0, 0.1) is 0 Å². The third-order valence-corrected chi connectivity index (χ3v) is 3.50. The summed E-state index contributed by atoms with van der Waals surface area (Å²) in [5.41, 5.74) is 0.159. The van der Waals surface area contributed by atoms with E-state index in [0.29, 0.717) is 0 Å². The molecule has 0 spiro atoms. The Bertz CT molecular complexity index is 658.